The van der Waals surface area contributed by atoms with E-state index in [1.165, 1.54) is 12.0 Å². The summed E-state index contributed by atoms with van der Waals surface area (Å²) in [6, 6.07) is 3.90. The van der Waals surface area contributed by atoms with Crippen molar-refractivity contribution in [2.75, 3.05) is 5.33 Å². The topological polar surface area (TPSA) is 12.9 Å². The van der Waals surface area contributed by atoms with Crippen LogP contribution < -0.4 is 0 Å². The van der Waals surface area contributed by atoms with Crippen LogP contribution in [0.25, 0.3) is 0 Å². The van der Waals surface area contributed by atoms with Crippen molar-refractivity contribution in [3.8, 4) is 0 Å². The van der Waals surface area contributed by atoms with Crippen molar-refractivity contribution in [3.05, 3.63) is 30.1 Å². The van der Waals surface area contributed by atoms with Crippen molar-refractivity contribution in [2.45, 2.75) is 12.8 Å². The number of aryl methyl sites for hydroxylation is 1. The molecule has 0 aromatic carbocycles. The molecule has 0 fully saturated rings. The first-order valence-electron chi connectivity index (χ1n) is 3.30. The molecular formula is C8H9BrN. The van der Waals surface area contributed by atoms with Crippen molar-refractivity contribution in [3.63, 3.8) is 0 Å². The normalized spacial score (nSPS) is 9.70. The fraction of sp³-hybridized carbons (Fsp3) is 0.375. The lowest BCUT2D eigenvalue weighted by atomic mass is 10.2. The van der Waals surface area contributed by atoms with Gasteiger partial charge in [-0.25, -0.2) is 0 Å². The zero-order chi connectivity index (χ0) is 7.23. The van der Waals surface area contributed by atoms with Crippen LogP contribution in [0.4, 0.5) is 0 Å². The summed E-state index contributed by atoms with van der Waals surface area (Å²) in [5.74, 6) is 0. The van der Waals surface area contributed by atoms with Gasteiger partial charge in [-0.15, -0.1) is 0 Å². The molecule has 0 unspecified atom stereocenters. The number of alkyl halides is 1. The van der Waals surface area contributed by atoms with Crippen LogP contribution in [0.1, 0.15) is 12.0 Å². The lowest BCUT2D eigenvalue weighted by Crippen LogP contribution is -1.85. The van der Waals surface area contributed by atoms with E-state index in [1.807, 2.05) is 12.3 Å². The van der Waals surface area contributed by atoms with E-state index < -0.39 is 0 Å². The molecule has 0 aliphatic heterocycles. The van der Waals surface area contributed by atoms with Crippen LogP contribution in [0, 0.1) is 6.20 Å². The highest BCUT2D eigenvalue weighted by molar-refractivity contribution is 9.09. The zero-order valence-corrected chi connectivity index (χ0v) is 7.26. The fourth-order valence-electron chi connectivity index (χ4n) is 0.769. The van der Waals surface area contributed by atoms with Gasteiger partial charge in [0, 0.05) is 11.5 Å². The monoisotopic (exact) mass is 198 g/mol. The van der Waals surface area contributed by atoms with Gasteiger partial charge < -0.3 is 0 Å². The molecule has 1 aromatic heterocycles. The standard InChI is InChI=1S/C8H9BrN/c9-5-1-3-8-4-2-6-10-7-8/h2,4,7H,1,3,5H2. The van der Waals surface area contributed by atoms with Gasteiger partial charge in [0.1, 0.15) is 0 Å². The van der Waals surface area contributed by atoms with Gasteiger partial charge in [0.25, 0.3) is 0 Å². The Morgan fingerprint density at radius 1 is 1.60 bits per heavy atom. The number of halogens is 1. The molecule has 0 atom stereocenters. The maximum Gasteiger partial charge on any atom is 0.0886 e. The molecule has 1 nitrogen and oxygen atoms in total. The van der Waals surface area contributed by atoms with Crippen molar-refractivity contribution < 1.29 is 0 Å². The number of rotatable bonds is 3. The minimum Gasteiger partial charge on any atom is -0.254 e. The fourth-order valence-corrected chi connectivity index (χ4v) is 1.05. The van der Waals surface area contributed by atoms with E-state index in [-0.39, 0.29) is 0 Å². The van der Waals surface area contributed by atoms with Crippen LogP contribution in [-0.2, 0) is 6.42 Å². The number of nitrogens with zero attached hydrogens (tertiary/aromatic N) is 1. The second-order valence-corrected chi connectivity index (χ2v) is 2.88. The second kappa shape index (κ2) is 4.45. The molecule has 0 bridgehead atoms. The Kier molecular flexibility index (Phi) is 3.44. The molecule has 2 heteroatoms. The molecule has 0 amide bonds. The first-order valence-corrected chi connectivity index (χ1v) is 4.42. The van der Waals surface area contributed by atoms with Gasteiger partial charge in [0.15, 0.2) is 0 Å². The Labute approximate surface area is 69.6 Å². The van der Waals surface area contributed by atoms with Crippen LogP contribution in [0.5, 0.6) is 0 Å². The van der Waals surface area contributed by atoms with E-state index >= 15 is 0 Å². The molecule has 10 heavy (non-hydrogen) atoms. The van der Waals surface area contributed by atoms with Crippen molar-refractivity contribution >= 4 is 15.9 Å². The highest BCUT2D eigenvalue weighted by atomic mass is 79.9. The SMILES string of the molecule is BrCCCc1cc[c]nc1. The second-order valence-electron chi connectivity index (χ2n) is 2.09. The molecule has 0 spiro atoms. The molecule has 1 radical (unpaired) electrons. The third-order valence-electron chi connectivity index (χ3n) is 1.28. The predicted molar refractivity (Wildman–Crippen MR) is 45.2 cm³/mol. The van der Waals surface area contributed by atoms with Gasteiger partial charge in [0.05, 0.1) is 6.20 Å². The molecule has 53 valence electrons. The Morgan fingerprint density at radius 2 is 2.50 bits per heavy atom. The largest absolute Gasteiger partial charge is 0.254 e. The summed E-state index contributed by atoms with van der Waals surface area (Å²) in [5, 5.41) is 1.06. The van der Waals surface area contributed by atoms with E-state index in [4.69, 9.17) is 0 Å². The van der Waals surface area contributed by atoms with Crippen LogP contribution in [0.3, 0.4) is 0 Å². The molecule has 0 aliphatic carbocycles. The molecule has 1 aromatic rings. The smallest absolute Gasteiger partial charge is 0.0886 e. The third-order valence-corrected chi connectivity index (χ3v) is 1.84. The van der Waals surface area contributed by atoms with E-state index in [0.29, 0.717) is 0 Å². The summed E-state index contributed by atoms with van der Waals surface area (Å²) in [7, 11) is 0. The summed E-state index contributed by atoms with van der Waals surface area (Å²) < 4.78 is 0. The quantitative estimate of drug-likeness (QED) is 0.680. The van der Waals surface area contributed by atoms with Crippen LogP contribution in [0.15, 0.2) is 18.3 Å². The highest BCUT2D eigenvalue weighted by Gasteiger charge is 1.89. The number of hydrogen-bond donors (Lipinski definition) is 0. The summed E-state index contributed by atoms with van der Waals surface area (Å²) in [6.07, 6.45) is 6.89. The van der Waals surface area contributed by atoms with Crippen LogP contribution in [0.2, 0.25) is 0 Å². The number of aromatic nitrogens is 1. The number of pyridine rings is 1. The van der Waals surface area contributed by atoms with Crippen molar-refractivity contribution in [2.24, 2.45) is 0 Å². The minimum absolute atomic E-state index is 1.06. The van der Waals surface area contributed by atoms with Gasteiger partial charge in [-0.1, -0.05) is 22.0 Å². The van der Waals surface area contributed by atoms with E-state index in [1.54, 1.807) is 0 Å². The first-order chi connectivity index (χ1) is 4.93. The predicted octanol–water partition coefficient (Wildman–Crippen LogP) is 2.21. The Balaban J connectivity index is 2.43. The molecule has 1 rings (SSSR count). The van der Waals surface area contributed by atoms with Crippen LogP contribution >= 0.6 is 15.9 Å². The molecule has 0 saturated heterocycles. The van der Waals surface area contributed by atoms with Crippen molar-refractivity contribution in [1.29, 1.82) is 0 Å². The summed E-state index contributed by atoms with van der Waals surface area (Å²) in [6.45, 7) is 0. The average Bonchev–Trinajstić information content (AvgIpc) is 2.03. The molecule has 0 aliphatic rings. The zero-order valence-electron chi connectivity index (χ0n) is 5.68. The third kappa shape index (κ3) is 2.48. The van der Waals surface area contributed by atoms with Crippen molar-refractivity contribution in [1.82, 2.24) is 4.98 Å². The Morgan fingerprint density at radius 3 is 3.10 bits per heavy atom. The van der Waals surface area contributed by atoms with Crippen LogP contribution in [-0.4, -0.2) is 10.3 Å². The van der Waals surface area contributed by atoms with Gasteiger partial charge >= 0.3 is 0 Å². The first kappa shape index (κ1) is 7.73. The highest BCUT2D eigenvalue weighted by Crippen LogP contribution is 2.00. The van der Waals surface area contributed by atoms with E-state index in [2.05, 4.69) is 33.2 Å². The lowest BCUT2D eigenvalue weighted by molar-refractivity contribution is 0.930. The summed E-state index contributed by atoms with van der Waals surface area (Å²) >= 11 is 3.38. The lowest BCUT2D eigenvalue weighted by Gasteiger charge is -1.94. The maximum absolute atomic E-state index is 3.90. The molecule has 0 saturated carbocycles. The van der Waals surface area contributed by atoms with Gasteiger partial charge in [-0.2, -0.15) is 0 Å². The average molecular weight is 199 g/mol. The molecule has 0 N–H and O–H groups in total. The molecular weight excluding hydrogens is 190 g/mol. The Hall–Kier alpha value is -0.370. The van der Waals surface area contributed by atoms with E-state index in [9.17, 15) is 0 Å². The molecule has 1 heterocycles. The number of hydrogen-bond acceptors (Lipinski definition) is 1. The summed E-state index contributed by atoms with van der Waals surface area (Å²) in [4.78, 5) is 3.90. The maximum atomic E-state index is 3.90. The van der Waals surface area contributed by atoms with E-state index in [0.717, 1.165) is 11.8 Å². The van der Waals surface area contributed by atoms with Gasteiger partial charge in [-0.3, -0.25) is 4.98 Å². The van der Waals surface area contributed by atoms with Gasteiger partial charge in [-0.05, 0) is 24.5 Å². The Bertz CT molecular complexity index is 174. The minimum atomic E-state index is 1.06. The summed E-state index contributed by atoms with van der Waals surface area (Å²) in [5.41, 5.74) is 1.29. The van der Waals surface area contributed by atoms with Gasteiger partial charge in [0.2, 0.25) is 0 Å².